The Bertz CT molecular complexity index is 530. The third-order valence-electron chi connectivity index (χ3n) is 4.47. The predicted octanol–water partition coefficient (Wildman–Crippen LogP) is 4.65. The Balaban J connectivity index is 1.97. The van der Waals surface area contributed by atoms with Gasteiger partial charge in [0.05, 0.1) is 5.56 Å². The van der Waals surface area contributed by atoms with Gasteiger partial charge in [0, 0.05) is 11.7 Å². The molecule has 0 heterocycles. The maximum absolute atomic E-state index is 12.6. The van der Waals surface area contributed by atoms with Crippen molar-refractivity contribution in [1.29, 1.82) is 0 Å². The van der Waals surface area contributed by atoms with Crippen LogP contribution in [0.1, 0.15) is 38.7 Å². The zero-order chi connectivity index (χ0) is 16.3. The molecule has 0 unspecified atom stereocenters. The fourth-order valence-corrected chi connectivity index (χ4v) is 2.89. The maximum atomic E-state index is 12.6. The van der Waals surface area contributed by atoms with E-state index in [1.54, 1.807) is 0 Å². The smallest absolute Gasteiger partial charge is 0.335 e. The highest BCUT2D eigenvalue weighted by Crippen LogP contribution is 2.31. The van der Waals surface area contributed by atoms with Gasteiger partial charge in [-0.2, -0.15) is 13.2 Å². The number of anilines is 1. The van der Waals surface area contributed by atoms with Crippen LogP contribution in [0.2, 0.25) is 0 Å². The van der Waals surface area contributed by atoms with Gasteiger partial charge in [-0.1, -0.05) is 32.8 Å². The second kappa shape index (κ2) is 6.58. The zero-order valence-electron chi connectivity index (χ0n) is 12.7. The largest absolute Gasteiger partial charge is 0.416 e. The molecule has 2 rings (SSSR count). The van der Waals surface area contributed by atoms with Crippen LogP contribution in [0.5, 0.6) is 0 Å². The molecule has 0 aromatic heterocycles. The SMILES string of the molecule is C[C@@H]1[C@@H](C)CCC[C@H]1NC(=O)Nc1cccc(C(F)(F)F)c1. The molecule has 0 aliphatic heterocycles. The standard InChI is InChI=1S/C16H21F3N2O/c1-10-5-3-8-14(11(10)2)21-15(22)20-13-7-4-6-12(9-13)16(17,18)19/h4,6-7,9-11,14H,3,5,8H2,1-2H3,(H2,20,21,22)/t10-,11+,14+/m0/s1. The fraction of sp³-hybridized carbons (Fsp3) is 0.562. The summed E-state index contributed by atoms with van der Waals surface area (Å²) in [5, 5.41) is 5.36. The van der Waals surface area contributed by atoms with Crippen molar-refractivity contribution in [3.05, 3.63) is 29.8 Å². The summed E-state index contributed by atoms with van der Waals surface area (Å²) in [7, 11) is 0. The first-order valence-electron chi connectivity index (χ1n) is 7.52. The van der Waals surface area contributed by atoms with E-state index < -0.39 is 17.8 Å². The normalized spacial score (nSPS) is 25.6. The van der Waals surface area contributed by atoms with Crippen LogP contribution in [-0.2, 0) is 6.18 Å². The summed E-state index contributed by atoms with van der Waals surface area (Å²) in [6.45, 7) is 4.25. The highest BCUT2D eigenvalue weighted by Gasteiger charge is 2.31. The average Bonchev–Trinajstić information content (AvgIpc) is 2.43. The van der Waals surface area contributed by atoms with Crippen molar-refractivity contribution in [2.45, 2.75) is 45.3 Å². The van der Waals surface area contributed by atoms with E-state index in [1.807, 2.05) is 0 Å². The molecule has 3 nitrogen and oxygen atoms in total. The molecule has 22 heavy (non-hydrogen) atoms. The molecule has 1 saturated carbocycles. The molecule has 1 aromatic rings. The average molecular weight is 314 g/mol. The van der Waals surface area contributed by atoms with Crippen LogP contribution in [0, 0.1) is 11.8 Å². The van der Waals surface area contributed by atoms with Crippen LogP contribution < -0.4 is 10.6 Å². The zero-order valence-corrected chi connectivity index (χ0v) is 12.7. The molecular weight excluding hydrogens is 293 g/mol. The summed E-state index contributed by atoms with van der Waals surface area (Å²) in [5.41, 5.74) is -0.631. The molecule has 1 aromatic carbocycles. The van der Waals surface area contributed by atoms with E-state index in [0.717, 1.165) is 31.4 Å². The topological polar surface area (TPSA) is 41.1 Å². The lowest BCUT2D eigenvalue weighted by Gasteiger charge is -2.34. The highest BCUT2D eigenvalue weighted by atomic mass is 19.4. The summed E-state index contributed by atoms with van der Waals surface area (Å²) in [4.78, 5) is 12.0. The number of rotatable bonds is 2. The number of carbonyl (C=O) groups is 1. The third kappa shape index (κ3) is 4.15. The second-order valence-corrected chi connectivity index (χ2v) is 6.05. The molecule has 1 aliphatic carbocycles. The Hall–Kier alpha value is -1.72. The number of benzene rings is 1. The molecule has 0 saturated heterocycles. The van der Waals surface area contributed by atoms with Crippen molar-refractivity contribution < 1.29 is 18.0 Å². The lowest BCUT2D eigenvalue weighted by Crippen LogP contribution is -2.45. The number of amides is 2. The van der Waals surface area contributed by atoms with Crippen LogP contribution in [0.4, 0.5) is 23.7 Å². The number of urea groups is 1. The quantitative estimate of drug-likeness (QED) is 0.819. The van der Waals surface area contributed by atoms with E-state index in [0.29, 0.717) is 11.8 Å². The van der Waals surface area contributed by atoms with Gasteiger partial charge in [0.1, 0.15) is 0 Å². The monoisotopic (exact) mass is 314 g/mol. The van der Waals surface area contributed by atoms with Crippen LogP contribution in [0.3, 0.4) is 0 Å². The lowest BCUT2D eigenvalue weighted by atomic mass is 9.78. The first-order valence-corrected chi connectivity index (χ1v) is 7.52. The van der Waals surface area contributed by atoms with Gasteiger partial charge < -0.3 is 10.6 Å². The Morgan fingerprint density at radius 2 is 1.95 bits per heavy atom. The summed E-state index contributed by atoms with van der Waals surface area (Å²) in [5.74, 6) is 0.897. The number of nitrogens with one attached hydrogen (secondary N) is 2. The van der Waals surface area contributed by atoms with Crippen LogP contribution in [0.25, 0.3) is 0 Å². The van der Waals surface area contributed by atoms with Crippen molar-refractivity contribution in [1.82, 2.24) is 5.32 Å². The minimum atomic E-state index is -4.42. The molecule has 2 N–H and O–H groups in total. The van der Waals surface area contributed by atoms with Crippen molar-refractivity contribution >= 4 is 11.7 Å². The van der Waals surface area contributed by atoms with Gasteiger partial charge in [-0.15, -0.1) is 0 Å². The van der Waals surface area contributed by atoms with Crippen LogP contribution in [0.15, 0.2) is 24.3 Å². The molecule has 6 heteroatoms. The van der Waals surface area contributed by atoms with Gasteiger partial charge in [-0.3, -0.25) is 0 Å². The number of carbonyl (C=O) groups excluding carboxylic acids is 1. The third-order valence-corrected chi connectivity index (χ3v) is 4.47. The maximum Gasteiger partial charge on any atom is 0.416 e. The number of alkyl halides is 3. The molecule has 0 bridgehead atoms. The Morgan fingerprint density at radius 1 is 1.23 bits per heavy atom. The Kier molecular flexibility index (Phi) is 4.98. The molecule has 122 valence electrons. The molecule has 0 spiro atoms. The Morgan fingerprint density at radius 3 is 2.64 bits per heavy atom. The van der Waals surface area contributed by atoms with E-state index in [1.165, 1.54) is 12.1 Å². The van der Waals surface area contributed by atoms with Crippen molar-refractivity contribution in [3.8, 4) is 0 Å². The van der Waals surface area contributed by atoms with E-state index in [-0.39, 0.29) is 11.7 Å². The predicted molar refractivity (Wildman–Crippen MR) is 79.6 cm³/mol. The first kappa shape index (κ1) is 16.6. The summed E-state index contributed by atoms with van der Waals surface area (Å²) >= 11 is 0. The molecule has 3 atom stereocenters. The number of hydrogen-bond donors (Lipinski definition) is 2. The molecule has 1 fully saturated rings. The van der Waals surface area contributed by atoms with Crippen molar-refractivity contribution in [2.75, 3.05) is 5.32 Å². The summed E-state index contributed by atoms with van der Waals surface area (Å²) in [6, 6.07) is 4.26. The second-order valence-electron chi connectivity index (χ2n) is 6.05. The van der Waals surface area contributed by atoms with Crippen molar-refractivity contribution in [3.63, 3.8) is 0 Å². The van der Waals surface area contributed by atoms with E-state index >= 15 is 0 Å². The molecular formula is C16H21F3N2O. The minimum Gasteiger partial charge on any atom is -0.335 e. The van der Waals surface area contributed by atoms with Gasteiger partial charge in [-0.05, 0) is 36.5 Å². The van der Waals surface area contributed by atoms with E-state index in [4.69, 9.17) is 0 Å². The summed E-state index contributed by atoms with van der Waals surface area (Å²) < 4.78 is 37.9. The van der Waals surface area contributed by atoms with Gasteiger partial charge in [0.25, 0.3) is 0 Å². The lowest BCUT2D eigenvalue weighted by molar-refractivity contribution is -0.137. The van der Waals surface area contributed by atoms with Crippen LogP contribution in [-0.4, -0.2) is 12.1 Å². The van der Waals surface area contributed by atoms with Gasteiger partial charge in [-0.25, -0.2) is 4.79 Å². The minimum absolute atomic E-state index is 0.0644. The van der Waals surface area contributed by atoms with Gasteiger partial charge >= 0.3 is 12.2 Å². The van der Waals surface area contributed by atoms with E-state index in [2.05, 4.69) is 24.5 Å². The van der Waals surface area contributed by atoms with Gasteiger partial charge in [0.15, 0.2) is 0 Å². The van der Waals surface area contributed by atoms with Crippen LogP contribution >= 0.6 is 0 Å². The molecule has 1 aliphatic rings. The number of halogens is 3. The summed E-state index contributed by atoms with van der Waals surface area (Å²) in [6.07, 6.45) is -1.31. The van der Waals surface area contributed by atoms with Crippen molar-refractivity contribution in [2.24, 2.45) is 11.8 Å². The molecule has 0 radical (unpaired) electrons. The molecule has 2 amide bonds. The first-order chi connectivity index (χ1) is 10.3. The number of hydrogen-bond acceptors (Lipinski definition) is 1. The highest BCUT2D eigenvalue weighted by molar-refractivity contribution is 5.89. The van der Waals surface area contributed by atoms with Gasteiger partial charge in [0.2, 0.25) is 0 Å². The fourth-order valence-electron chi connectivity index (χ4n) is 2.89. The Labute approximate surface area is 128 Å². The van der Waals surface area contributed by atoms with E-state index in [9.17, 15) is 18.0 Å².